The molecule has 0 fully saturated rings. The van der Waals surface area contributed by atoms with E-state index in [1.54, 1.807) is 36.4 Å². The number of carboxylic acids is 1. The monoisotopic (exact) mass is 610 g/mol. The number of ether oxygens (including phenoxy) is 1. The fraction of sp³-hybridized carbons (Fsp3) is 0.267. The summed E-state index contributed by atoms with van der Waals surface area (Å²) >= 11 is 0. The van der Waals surface area contributed by atoms with Gasteiger partial charge in [0.05, 0.1) is 37.1 Å². The molecule has 3 aromatic carbocycles. The predicted molar refractivity (Wildman–Crippen MR) is 161 cm³/mol. The van der Waals surface area contributed by atoms with E-state index in [1.807, 2.05) is 25.1 Å². The van der Waals surface area contributed by atoms with Crippen molar-refractivity contribution >= 4 is 45.0 Å². The third-order valence-corrected chi connectivity index (χ3v) is 7.51. The first kappa shape index (κ1) is 32.6. The van der Waals surface area contributed by atoms with Crippen molar-refractivity contribution in [3.63, 3.8) is 0 Å². The van der Waals surface area contributed by atoms with Gasteiger partial charge >= 0.3 is 12.0 Å². The van der Waals surface area contributed by atoms with E-state index in [2.05, 4.69) is 16.0 Å². The standard InChI is InChI=1S/C30H34N4O8S/c1-20-6-4-5-7-24(20)32-30(39)33-25-13-10-22(16-26(25)42-2)17-27(35)31-18-28(36)34(15-14-29(37)38)19-21-8-11-23(12-9-21)43(3,40)41/h4-13,16H,14-15,17-19H2,1-3H3,(H,31,35)(H,37,38)(H2,32,33,39). The number of nitrogens with zero attached hydrogens (tertiary/aromatic N) is 1. The summed E-state index contributed by atoms with van der Waals surface area (Å²) in [5.41, 5.74) is 3.13. The molecular formula is C30H34N4O8S. The molecule has 0 aliphatic carbocycles. The summed E-state index contributed by atoms with van der Waals surface area (Å²) in [6.07, 6.45) is 0.701. The smallest absolute Gasteiger partial charge is 0.323 e. The fourth-order valence-electron chi connectivity index (χ4n) is 4.06. The number of rotatable bonds is 13. The number of nitrogens with one attached hydrogen (secondary N) is 3. The van der Waals surface area contributed by atoms with Gasteiger partial charge in [-0.1, -0.05) is 36.4 Å². The molecule has 0 spiro atoms. The summed E-state index contributed by atoms with van der Waals surface area (Å²) in [6, 6.07) is 17.6. The van der Waals surface area contributed by atoms with Crippen LogP contribution in [0.15, 0.2) is 71.6 Å². The van der Waals surface area contributed by atoms with E-state index < -0.39 is 33.7 Å². The van der Waals surface area contributed by atoms with Gasteiger partial charge in [0.2, 0.25) is 11.8 Å². The van der Waals surface area contributed by atoms with E-state index in [-0.39, 0.29) is 37.4 Å². The molecule has 3 aromatic rings. The van der Waals surface area contributed by atoms with Gasteiger partial charge in [0, 0.05) is 25.0 Å². The molecule has 13 heteroatoms. The van der Waals surface area contributed by atoms with Crippen molar-refractivity contribution in [3.8, 4) is 5.75 Å². The molecule has 0 heterocycles. The van der Waals surface area contributed by atoms with Crippen LogP contribution in [0, 0.1) is 6.92 Å². The summed E-state index contributed by atoms with van der Waals surface area (Å²) in [7, 11) is -1.96. The minimum absolute atomic E-state index is 0.0368. The quantitative estimate of drug-likeness (QED) is 0.229. The Labute approximate surface area is 250 Å². The fourth-order valence-corrected chi connectivity index (χ4v) is 4.69. The van der Waals surface area contributed by atoms with Crippen molar-refractivity contribution in [2.24, 2.45) is 0 Å². The zero-order valence-corrected chi connectivity index (χ0v) is 24.9. The largest absolute Gasteiger partial charge is 0.495 e. The maximum Gasteiger partial charge on any atom is 0.323 e. The van der Waals surface area contributed by atoms with Crippen LogP contribution in [0.3, 0.4) is 0 Å². The zero-order valence-electron chi connectivity index (χ0n) is 24.0. The Morgan fingerprint density at radius 1 is 0.907 bits per heavy atom. The van der Waals surface area contributed by atoms with Gasteiger partial charge in [0.15, 0.2) is 9.84 Å². The van der Waals surface area contributed by atoms with Crippen LogP contribution in [0.2, 0.25) is 0 Å². The molecule has 0 unspecified atom stereocenters. The predicted octanol–water partition coefficient (Wildman–Crippen LogP) is 3.21. The van der Waals surface area contributed by atoms with Gasteiger partial charge in [-0.25, -0.2) is 13.2 Å². The molecule has 228 valence electrons. The Morgan fingerprint density at radius 3 is 2.19 bits per heavy atom. The Hall–Kier alpha value is -4.91. The number of amides is 4. The minimum Gasteiger partial charge on any atom is -0.495 e. The van der Waals surface area contributed by atoms with Crippen LogP contribution in [0.5, 0.6) is 5.75 Å². The molecule has 12 nitrogen and oxygen atoms in total. The molecule has 0 saturated heterocycles. The Bertz CT molecular complexity index is 1590. The number of methoxy groups -OCH3 is 1. The van der Waals surface area contributed by atoms with E-state index in [9.17, 15) is 27.6 Å². The molecule has 0 saturated carbocycles. The van der Waals surface area contributed by atoms with Crippen molar-refractivity contribution in [2.45, 2.75) is 31.2 Å². The van der Waals surface area contributed by atoms with E-state index >= 15 is 0 Å². The van der Waals surface area contributed by atoms with E-state index in [0.717, 1.165) is 11.8 Å². The van der Waals surface area contributed by atoms with Crippen molar-refractivity contribution in [2.75, 3.05) is 37.1 Å². The van der Waals surface area contributed by atoms with Crippen LogP contribution in [0.4, 0.5) is 16.2 Å². The van der Waals surface area contributed by atoms with Gasteiger partial charge in [-0.3, -0.25) is 14.4 Å². The minimum atomic E-state index is -3.39. The lowest BCUT2D eigenvalue weighted by Gasteiger charge is -2.22. The molecule has 0 aliphatic heterocycles. The van der Waals surface area contributed by atoms with Crippen molar-refractivity contribution in [1.29, 1.82) is 0 Å². The average molecular weight is 611 g/mol. The SMILES string of the molecule is COc1cc(CC(=O)NCC(=O)N(CCC(=O)O)Cc2ccc(S(C)(=O)=O)cc2)ccc1NC(=O)Nc1ccccc1C. The van der Waals surface area contributed by atoms with Gasteiger partial charge in [0.1, 0.15) is 5.75 Å². The van der Waals surface area contributed by atoms with E-state index in [4.69, 9.17) is 9.84 Å². The van der Waals surface area contributed by atoms with Crippen LogP contribution >= 0.6 is 0 Å². The van der Waals surface area contributed by atoms with E-state index in [0.29, 0.717) is 28.3 Å². The van der Waals surface area contributed by atoms with Gasteiger partial charge < -0.3 is 30.7 Å². The number of benzene rings is 3. The molecule has 43 heavy (non-hydrogen) atoms. The third kappa shape index (κ3) is 10.1. The number of carbonyl (C=O) groups is 4. The van der Waals surface area contributed by atoms with Gasteiger partial charge in [-0.2, -0.15) is 0 Å². The van der Waals surface area contributed by atoms with Gasteiger partial charge in [-0.15, -0.1) is 0 Å². The van der Waals surface area contributed by atoms with Gasteiger partial charge in [0.25, 0.3) is 0 Å². The number of aryl methyl sites for hydroxylation is 1. The summed E-state index contributed by atoms with van der Waals surface area (Å²) in [5, 5.41) is 17.1. The number of hydrogen-bond donors (Lipinski definition) is 4. The molecule has 0 aliphatic rings. The topological polar surface area (TPSA) is 171 Å². The molecule has 0 radical (unpaired) electrons. The molecule has 4 amide bonds. The second-order valence-electron chi connectivity index (χ2n) is 9.76. The zero-order chi connectivity index (χ0) is 31.6. The number of hydrogen-bond acceptors (Lipinski definition) is 7. The lowest BCUT2D eigenvalue weighted by molar-refractivity contribution is -0.139. The van der Waals surface area contributed by atoms with Crippen molar-refractivity contribution in [1.82, 2.24) is 10.2 Å². The molecule has 0 aromatic heterocycles. The Morgan fingerprint density at radius 2 is 1.56 bits per heavy atom. The lowest BCUT2D eigenvalue weighted by atomic mass is 10.1. The number of anilines is 2. The molecule has 4 N–H and O–H groups in total. The maximum atomic E-state index is 12.9. The first-order valence-corrected chi connectivity index (χ1v) is 15.1. The third-order valence-electron chi connectivity index (χ3n) is 6.38. The number of sulfone groups is 1. The van der Waals surface area contributed by atoms with Crippen LogP contribution in [0.1, 0.15) is 23.1 Å². The summed E-state index contributed by atoms with van der Waals surface area (Å²) in [5.74, 6) is -1.71. The number of carbonyl (C=O) groups excluding carboxylic acids is 3. The van der Waals surface area contributed by atoms with E-state index in [1.165, 1.54) is 24.1 Å². The summed E-state index contributed by atoms with van der Waals surface area (Å²) < 4.78 is 28.8. The molecular weight excluding hydrogens is 576 g/mol. The van der Waals surface area contributed by atoms with Crippen LogP contribution in [0.25, 0.3) is 0 Å². The summed E-state index contributed by atoms with van der Waals surface area (Å²) in [4.78, 5) is 50.6. The first-order valence-electron chi connectivity index (χ1n) is 13.2. The Balaban J connectivity index is 1.59. The second-order valence-corrected chi connectivity index (χ2v) is 11.8. The molecule has 0 atom stereocenters. The van der Waals surface area contributed by atoms with Crippen LogP contribution in [-0.4, -0.2) is 68.7 Å². The highest BCUT2D eigenvalue weighted by molar-refractivity contribution is 7.90. The number of urea groups is 1. The lowest BCUT2D eigenvalue weighted by Crippen LogP contribution is -2.41. The highest BCUT2D eigenvalue weighted by Gasteiger charge is 2.18. The maximum absolute atomic E-state index is 12.9. The first-order chi connectivity index (χ1) is 20.3. The van der Waals surface area contributed by atoms with Crippen LogP contribution in [-0.2, 0) is 37.2 Å². The number of carboxylic acid groups (broad SMARTS) is 1. The molecule has 3 rings (SSSR count). The number of aliphatic carboxylic acids is 1. The molecule has 0 bridgehead atoms. The van der Waals surface area contributed by atoms with Crippen LogP contribution < -0.4 is 20.7 Å². The highest BCUT2D eigenvalue weighted by Crippen LogP contribution is 2.26. The normalized spacial score (nSPS) is 10.9. The van der Waals surface area contributed by atoms with Gasteiger partial charge in [-0.05, 0) is 53.9 Å². The number of para-hydroxylation sites is 1. The van der Waals surface area contributed by atoms with Crippen molar-refractivity contribution < 1.29 is 37.4 Å². The highest BCUT2D eigenvalue weighted by atomic mass is 32.2. The van der Waals surface area contributed by atoms with Crippen molar-refractivity contribution in [3.05, 3.63) is 83.4 Å². The average Bonchev–Trinajstić information content (AvgIpc) is 2.95. The second kappa shape index (κ2) is 14.8. The Kier molecular flexibility index (Phi) is 11.2. The summed E-state index contributed by atoms with van der Waals surface area (Å²) in [6.45, 7) is 1.45.